The van der Waals surface area contributed by atoms with Gasteiger partial charge in [-0.25, -0.2) is 0 Å². The summed E-state index contributed by atoms with van der Waals surface area (Å²) in [5, 5.41) is 0.403. The Kier molecular flexibility index (Phi) is 4.58. The number of rotatable bonds is 3. The van der Waals surface area contributed by atoms with Crippen LogP contribution < -0.4 is 5.73 Å². The Morgan fingerprint density at radius 1 is 1.10 bits per heavy atom. The van der Waals surface area contributed by atoms with E-state index in [0.717, 1.165) is 12.1 Å². The molecule has 0 saturated carbocycles. The van der Waals surface area contributed by atoms with Crippen LogP contribution in [0.2, 0.25) is 5.02 Å². The van der Waals surface area contributed by atoms with Gasteiger partial charge in [0.15, 0.2) is 0 Å². The molecule has 0 aliphatic carbocycles. The van der Waals surface area contributed by atoms with Crippen LogP contribution in [0.4, 0.5) is 18.9 Å². The minimum atomic E-state index is -4.38. The lowest BCUT2D eigenvalue weighted by Crippen LogP contribution is -2.05. The van der Waals surface area contributed by atoms with Crippen molar-refractivity contribution in [1.82, 2.24) is 0 Å². The SMILES string of the molecule is Nc1ccc(Cl)cc1S(=O)Cc1ccc(C(F)(F)F)cc1. The zero-order valence-corrected chi connectivity index (χ0v) is 12.2. The minimum Gasteiger partial charge on any atom is -0.398 e. The average molecular weight is 334 g/mol. The molecule has 112 valence electrons. The second-order valence-electron chi connectivity index (χ2n) is 4.37. The molecule has 1 unspecified atom stereocenters. The highest BCUT2D eigenvalue weighted by molar-refractivity contribution is 7.84. The summed E-state index contributed by atoms with van der Waals surface area (Å²) < 4.78 is 49.6. The van der Waals surface area contributed by atoms with Crippen LogP contribution in [0, 0.1) is 0 Å². The van der Waals surface area contributed by atoms with Gasteiger partial charge < -0.3 is 5.73 Å². The first-order chi connectivity index (χ1) is 9.77. The van der Waals surface area contributed by atoms with Crippen molar-refractivity contribution in [2.45, 2.75) is 16.8 Å². The smallest absolute Gasteiger partial charge is 0.398 e. The Labute approximate surface area is 127 Å². The number of alkyl halides is 3. The van der Waals surface area contributed by atoms with Gasteiger partial charge in [-0.15, -0.1) is 0 Å². The van der Waals surface area contributed by atoms with Crippen molar-refractivity contribution < 1.29 is 17.4 Å². The van der Waals surface area contributed by atoms with Gasteiger partial charge in [-0.2, -0.15) is 13.2 Å². The molecular formula is C14H11ClF3NOS. The Morgan fingerprint density at radius 3 is 2.29 bits per heavy atom. The molecule has 2 aromatic rings. The Balaban J connectivity index is 2.18. The van der Waals surface area contributed by atoms with Crippen molar-refractivity contribution in [3.63, 3.8) is 0 Å². The molecule has 0 spiro atoms. The van der Waals surface area contributed by atoms with Gasteiger partial charge >= 0.3 is 6.18 Å². The highest BCUT2D eigenvalue weighted by Gasteiger charge is 2.29. The molecule has 0 aromatic heterocycles. The first-order valence-electron chi connectivity index (χ1n) is 5.87. The number of nitrogens with two attached hydrogens (primary N) is 1. The highest BCUT2D eigenvalue weighted by Crippen LogP contribution is 2.29. The fraction of sp³-hybridized carbons (Fsp3) is 0.143. The van der Waals surface area contributed by atoms with Crippen LogP contribution in [0.3, 0.4) is 0 Å². The van der Waals surface area contributed by atoms with Crippen LogP contribution in [0.1, 0.15) is 11.1 Å². The molecule has 21 heavy (non-hydrogen) atoms. The van der Waals surface area contributed by atoms with E-state index in [9.17, 15) is 17.4 Å². The summed E-state index contributed by atoms with van der Waals surface area (Å²) in [5.74, 6) is 0.0721. The molecule has 2 N–H and O–H groups in total. The maximum Gasteiger partial charge on any atom is 0.416 e. The molecular weight excluding hydrogens is 323 g/mol. The third kappa shape index (κ3) is 3.98. The van der Waals surface area contributed by atoms with Crippen molar-refractivity contribution in [2.75, 3.05) is 5.73 Å². The fourth-order valence-electron chi connectivity index (χ4n) is 1.72. The van der Waals surface area contributed by atoms with E-state index in [1.165, 1.54) is 18.2 Å². The molecule has 0 aliphatic heterocycles. The van der Waals surface area contributed by atoms with E-state index in [2.05, 4.69) is 0 Å². The number of nitrogen functional groups attached to an aromatic ring is 1. The van der Waals surface area contributed by atoms with Gasteiger partial charge in [0.25, 0.3) is 0 Å². The predicted octanol–water partition coefficient (Wildman–Crippen LogP) is 4.25. The summed E-state index contributed by atoms with van der Waals surface area (Å²) in [6.45, 7) is 0. The second kappa shape index (κ2) is 6.07. The van der Waals surface area contributed by atoms with E-state index in [1.54, 1.807) is 12.1 Å². The van der Waals surface area contributed by atoms with Gasteiger partial charge in [0, 0.05) is 10.7 Å². The van der Waals surface area contributed by atoms with Crippen LogP contribution in [-0.2, 0) is 22.7 Å². The molecule has 0 aliphatic rings. The summed E-state index contributed by atoms with van der Waals surface area (Å²) >= 11 is 5.82. The maximum absolute atomic E-state index is 12.5. The highest BCUT2D eigenvalue weighted by atomic mass is 35.5. The summed E-state index contributed by atoms with van der Waals surface area (Å²) in [4.78, 5) is 0.377. The van der Waals surface area contributed by atoms with Crippen LogP contribution in [0.25, 0.3) is 0 Å². The zero-order valence-electron chi connectivity index (χ0n) is 10.7. The average Bonchev–Trinajstić information content (AvgIpc) is 2.41. The molecule has 0 amide bonds. The Morgan fingerprint density at radius 2 is 1.71 bits per heavy atom. The van der Waals surface area contributed by atoms with E-state index < -0.39 is 22.5 Å². The number of benzene rings is 2. The number of hydrogen-bond acceptors (Lipinski definition) is 2. The van der Waals surface area contributed by atoms with Gasteiger partial charge in [0.1, 0.15) is 0 Å². The summed E-state index contributed by atoms with van der Waals surface area (Å²) in [6.07, 6.45) is -4.38. The maximum atomic E-state index is 12.5. The first-order valence-corrected chi connectivity index (χ1v) is 7.56. The molecule has 0 fully saturated rings. The van der Waals surface area contributed by atoms with E-state index >= 15 is 0 Å². The Bertz CT molecular complexity index is 671. The second-order valence-corrected chi connectivity index (χ2v) is 6.22. The van der Waals surface area contributed by atoms with Crippen LogP contribution in [-0.4, -0.2) is 4.21 Å². The molecule has 1 atom stereocenters. The monoisotopic (exact) mass is 333 g/mol. The molecule has 0 bridgehead atoms. The van der Waals surface area contributed by atoms with E-state index in [4.69, 9.17) is 17.3 Å². The van der Waals surface area contributed by atoms with Crippen molar-refractivity contribution >= 4 is 28.1 Å². The Hall–Kier alpha value is -1.53. The number of anilines is 1. The molecule has 2 nitrogen and oxygen atoms in total. The zero-order chi connectivity index (χ0) is 15.6. The van der Waals surface area contributed by atoms with E-state index in [-0.39, 0.29) is 5.75 Å². The number of halogens is 4. The predicted molar refractivity (Wildman–Crippen MR) is 77.4 cm³/mol. The summed E-state index contributed by atoms with van der Waals surface area (Å²) in [7, 11) is -1.47. The molecule has 0 radical (unpaired) electrons. The third-order valence-corrected chi connectivity index (χ3v) is 4.47. The van der Waals surface area contributed by atoms with Gasteiger partial charge in [-0.05, 0) is 35.9 Å². The quantitative estimate of drug-likeness (QED) is 0.853. The lowest BCUT2D eigenvalue weighted by Gasteiger charge is -2.09. The topological polar surface area (TPSA) is 43.1 Å². The van der Waals surface area contributed by atoms with Crippen molar-refractivity contribution in [3.05, 3.63) is 58.6 Å². The molecule has 2 rings (SSSR count). The molecule has 0 heterocycles. The molecule has 7 heteroatoms. The van der Waals surface area contributed by atoms with Crippen LogP contribution in [0.15, 0.2) is 47.4 Å². The first kappa shape index (κ1) is 15.9. The van der Waals surface area contributed by atoms with Gasteiger partial charge in [-0.1, -0.05) is 23.7 Å². The fourth-order valence-corrected chi connectivity index (χ4v) is 3.20. The van der Waals surface area contributed by atoms with Crippen LogP contribution >= 0.6 is 11.6 Å². The standard InChI is InChI=1S/C14H11ClF3NOS/c15-11-5-6-12(19)13(7-11)21(20)8-9-1-3-10(4-2-9)14(16,17)18/h1-7H,8,19H2. The van der Waals surface area contributed by atoms with E-state index in [0.29, 0.717) is 21.2 Å². The van der Waals surface area contributed by atoms with Gasteiger partial charge in [-0.3, -0.25) is 4.21 Å². The lowest BCUT2D eigenvalue weighted by atomic mass is 10.1. The molecule has 2 aromatic carbocycles. The van der Waals surface area contributed by atoms with Crippen molar-refractivity contribution in [3.8, 4) is 0 Å². The number of hydrogen-bond donors (Lipinski definition) is 1. The lowest BCUT2D eigenvalue weighted by molar-refractivity contribution is -0.137. The van der Waals surface area contributed by atoms with Crippen molar-refractivity contribution in [1.29, 1.82) is 0 Å². The van der Waals surface area contributed by atoms with Crippen LogP contribution in [0.5, 0.6) is 0 Å². The third-order valence-electron chi connectivity index (χ3n) is 2.80. The summed E-state index contributed by atoms with van der Waals surface area (Å²) in [5.41, 5.74) is 5.85. The normalized spacial score (nSPS) is 13.1. The van der Waals surface area contributed by atoms with Crippen molar-refractivity contribution in [2.24, 2.45) is 0 Å². The van der Waals surface area contributed by atoms with E-state index in [1.807, 2.05) is 0 Å². The minimum absolute atomic E-state index is 0.0721. The largest absolute Gasteiger partial charge is 0.416 e. The van der Waals surface area contributed by atoms with Gasteiger partial charge in [0.2, 0.25) is 0 Å². The van der Waals surface area contributed by atoms with Gasteiger partial charge in [0.05, 0.1) is 27.0 Å². The molecule has 0 saturated heterocycles. The summed E-state index contributed by atoms with van der Waals surface area (Å²) in [6, 6.07) is 9.17.